The average molecular weight is 285 g/mol. The molecule has 0 aromatic heterocycles. The molecule has 4 heteroatoms. The van der Waals surface area contributed by atoms with Crippen LogP contribution in [-0.2, 0) is 0 Å². The SMILES string of the molecule is CCCN(CC)CCNCC(O)c1ccc(Cl)cc1. The summed E-state index contributed by atoms with van der Waals surface area (Å²) in [5.41, 5.74) is 0.901. The van der Waals surface area contributed by atoms with Crippen LogP contribution in [0.15, 0.2) is 24.3 Å². The van der Waals surface area contributed by atoms with Gasteiger partial charge in [0, 0.05) is 24.7 Å². The standard InChI is InChI=1S/C15H25ClN2O/c1-3-10-18(4-2)11-9-17-12-15(19)13-5-7-14(16)8-6-13/h5-8,15,17,19H,3-4,9-12H2,1-2H3. The molecule has 19 heavy (non-hydrogen) atoms. The van der Waals surface area contributed by atoms with E-state index in [1.807, 2.05) is 12.1 Å². The van der Waals surface area contributed by atoms with Gasteiger partial charge in [0.2, 0.25) is 0 Å². The molecule has 0 aliphatic rings. The van der Waals surface area contributed by atoms with Gasteiger partial charge in [0.05, 0.1) is 6.10 Å². The fraction of sp³-hybridized carbons (Fsp3) is 0.600. The van der Waals surface area contributed by atoms with Gasteiger partial charge in [0.25, 0.3) is 0 Å². The number of benzene rings is 1. The molecule has 0 saturated carbocycles. The summed E-state index contributed by atoms with van der Waals surface area (Å²) in [6, 6.07) is 7.34. The number of nitrogens with one attached hydrogen (secondary N) is 1. The summed E-state index contributed by atoms with van der Waals surface area (Å²) >= 11 is 5.82. The van der Waals surface area contributed by atoms with E-state index in [2.05, 4.69) is 24.1 Å². The molecule has 0 saturated heterocycles. The molecule has 108 valence electrons. The van der Waals surface area contributed by atoms with E-state index >= 15 is 0 Å². The molecule has 3 nitrogen and oxygen atoms in total. The molecule has 0 radical (unpaired) electrons. The number of hydrogen-bond acceptors (Lipinski definition) is 3. The summed E-state index contributed by atoms with van der Waals surface area (Å²) in [4.78, 5) is 2.40. The van der Waals surface area contributed by atoms with Crippen LogP contribution in [0.1, 0.15) is 31.9 Å². The number of likely N-dealkylation sites (N-methyl/N-ethyl adjacent to an activating group) is 1. The first-order valence-electron chi connectivity index (χ1n) is 7.04. The fourth-order valence-corrected chi connectivity index (χ4v) is 2.15. The van der Waals surface area contributed by atoms with Crippen molar-refractivity contribution in [2.75, 3.05) is 32.7 Å². The molecule has 0 spiro atoms. The Kier molecular flexibility index (Phi) is 8.07. The highest BCUT2D eigenvalue weighted by atomic mass is 35.5. The third kappa shape index (κ3) is 6.39. The van der Waals surface area contributed by atoms with Crippen LogP contribution >= 0.6 is 11.6 Å². The fourth-order valence-electron chi connectivity index (χ4n) is 2.02. The normalized spacial score (nSPS) is 12.9. The summed E-state index contributed by atoms with van der Waals surface area (Å²) in [6.45, 7) is 9.09. The molecule has 1 rings (SSSR count). The van der Waals surface area contributed by atoms with Crippen molar-refractivity contribution in [1.82, 2.24) is 10.2 Å². The number of halogens is 1. The maximum Gasteiger partial charge on any atom is 0.0914 e. The van der Waals surface area contributed by atoms with E-state index in [0.717, 1.165) is 31.7 Å². The van der Waals surface area contributed by atoms with E-state index in [1.165, 1.54) is 6.42 Å². The van der Waals surface area contributed by atoms with Crippen molar-refractivity contribution in [3.05, 3.63) is 34.9 Å². The van der Waals surface area contributed by atoms with Gasteiger partial charge >= 0.3 is 0 Å². The second kappa shape index (κ2) is 9.32. The van der Waals surface area contributed by atoms with Crippen LogP contribution < -0.4 is 5.32 Å². The van der Waals surface area contributed by atoms with Gasteiger partial charge in [-0.25, -0.2) is 0 Å². The van der Waals surface area contributed by atoms with E-state index in [0.29, 0.717) is 11.6 Å². The maximum atomic E-state index is 10.0. The van der Waals surface area contributed by atoms with Crippen LogP contribution in [0.4, 0.5) is 0 Å². The predicted octanol–water partition coefficient (Wildman–Crippen LogP) is 2.69. The molecule has 0 aliphatic carbocycles. The predicted molar refractivity (Wildman–Crippen MR) is 81.7 cm³/mol. The van der Waals surface area contributed by atoms with Crippen LogP contribution in [0.2, 0.25) is 5.02 Å². The zero-order valence-electron chi connectivity index (χ0n) is 11.9. The molecular formula is C15H25ClN2O. The molecule has 0 heterocycles. The van der Waals surface area contributed by atoms with Crippen molar-refractivity contribution in [3.63, 3.8) is 0 Å². The van der Waals surface area contributed by atoms with Crippen LogP contribution in [0.25, 0.3) is 0 Å². The van der Waals surface area contributed by atoms with Gasteiger partial charge in [-0.1, -0.05) is 37.6 Å². The zero-order chi connectivity index (χ0) is 14.1. The molecule has 0 fully saturated rings. The Hall–Kier alpha value is -0.610. The summed E-state index contributed by atoms with van der Waals surface area (Å²) in [6.07, 6.45) is 0.708. The van der Waals surface area contributed by atoms with Crippen LogP contribution in [0.3, 0.4) is 0 Å². The number of nitrogens with zero attached hydrogens (tertiary/aromatic N) is 1. The lowest BCUT2D eigenvalue weighted by Crippen LogP contribution is -2.34. The number of hydrogen-bond donors (Lipinski definition) is 2. The Balaban J connectivity index is 2.23. The topological polar surface area (TPSA) is 35.5 Å². The number of rotatable bonds is 9. The molecule has 0 bridgehead atoms. The van der Waals surface area contributed by atoms with Gasteiger partial charge in [0.1, 0.15) is 0 Å². The Bertz CT molecular complexity index is 343. The second-order valence-electron chi connectivity index (χ2n) is 4.71. The molecule has 1 atom stereocenters. The monoisotopic (exact) mass is 284 g/mol. The summed E-state index contributed by atoms with van der Waals surface area (Å²) in [5, 5.41) is 14.0. The second-order valence-corrected chi connectivity index (χ2v) is 5.14. The molecule has 1 aromatic rings. The van der Waals surface area contributed by atoms with Crippen molar-refractivity contribution in [2.45, 2.75) is 26.4 Å². The van der Waals surface area contributed by atoms with Crippen LogP contribution in [-0.4, -0.2) is 42.7 Å². The van der Waals surface area contributed by atoms with Crippen molar-refractivity contribution >= 4 is 11.6 Å². The lowest BCUT2D eigenvalue weighted by molar-refractivity contribution is 0.172. The molecule has 0 amide bonds. The smallest absolute Gasteiger partial charge is 0.0914 e. The number of aliphatic hydroxyl groups excluding tert-OH is 1. The van der Waals surface area contributed by atoms with Gasteiger partial charge in [0.15, 0.2) is 0 Å². The van der Waals surface area contributed by atoms with Gasteiger partial charge in [-0.05, 0) is 37.2 Å². The number of aliphatic hydroxyl groups is 1. The minimum Gasteiger partial charge on any atom is -0.387 e. The third-order valence-corrected chi connectivity index (χ3v) is 3.44. The highest BCUT2D eigenvalue weighted by Crippen LogP contribution is 2.15. The molecule has 2 N–H and O–H groups in total. The van der Waals surface area contributed by atoms with Crippen molar-refractivity contribution < 1.29 is 5.11 Å². The first kappa shape index (κ1) is 16.4. The Morgan fingerprint density at radius 3 is 2.47 bits per heavy atom. The Morgan fingerprint density at radius 1 is 1.21 bits per heavy atom. The molecule has 0 aliphatic heterocycles. The van der Waals surface area contributed by atoms with Crippen LogP contribution in [0.5, 0.6) is 0 Å². The van der Waals surface area contributed by atoms with E-state index < -0.39 is 6.10 Å². The summed E-state index contributed by atoms with van der Waals surface area (Å²) < 4.78 is 0. The first-order chi connectivity index (χ1) is 9.17. The largest absolute Gasteiger partial charge is 0.387 e. The highest BCUT2D eigenvalue weighted by Gasteiger charge is 2.07. The van der Waals surface area contributed by atoms with Gasteiger partial charge in [-0.2, -0.15) is 0 Å². The maximum absolute atomic E-state index is 10.0. The lowest BCUT2D eigenvalue weighted by Gasteiger charge is -2.20. The van der Waals surface area contributed by atoms with E-state index in [4.69, 9.17) is 11.6 Å². The van der Waals surface area contributed by atoms with Crippen molar-refractivity contribution in [3.8, 4) is 0 Å². The van der Waals surface area contributed by atoms with E-state index in [-0.39, 0.29) is 0 Å². The van der Waals surface area contributed by atoms with Crippen LogP contribution in [0, 0.1) is 0 Å². The zero-order valence-corrected chi connectivity index (χ0v) is 12.7. The average Bonchev–Trinajstić information content (AvgIpc) is 2.42. The first-order valence-corrected chi connectivity index (χ1v) is 7.41. The summed E-state index contributed by atoms with van der Waals surface area (Å²) in [5.74, 6) is 0. The minimum absolute atomic E-state index is 0.474. The van der Waals surface area contributed by atoms with Gasteiger partial charge < -0.3 is 15.3 Å². The lowest BCUT2D eigenvalue weighted by atomic mass is 10.1. The van der Waals surface area contributed by atoms with E-state index in [1.54, 1.807) is 12.1 Å². The van der Waals surface area contributed by atoms with E-state index in [9.17, 15) is 5.11 Å². The van der Waals surface area contributed by atoms with Gasteiger partial charge in [-0.3, -0.25) is 0 Å². The Labute approximate surface area is 121 Å². The Morgan fingerprint density at radius 2 is 1.89 bits per heavy atom. The van der Waals surface area contributed by atoms with Crippen molar-refractivity contribution in [1.29, 1.82) is 0 Å². The highest BCUT2D eigenvalue weighted by molar-refractivity contribution is 6.30. The van der Waals surface area contributed by atoms with Gasteiger partial charge in [-0.15, -0.1) is 0 Å². The summed E-state index contributed by atoms with van der Waals surface area (Å²) in [7, 11) is 0. The third-order valence-electron chi connectivity index (χ3n) is 3.18. The quantitative estimate of drug-likeness (QED) is 0.685. The molecular weight excluding hydrogens is 260 g/mol. The van der Waals surface area contributed by atoms with Crippen molar-refractivity contribution in [2.24, 2.45) is 0 Å². The molecule has 1 aromatic carbocycles. The molecule has 1 unspecified atom stereocenters. The minimum atomic E-state index is -0.474.